The zero-order valence-electron chi connectivity index (χ0n) is 9.95. The monoisotopic (exact) mass is 248 g/mol. The number of nitro groups is 1. The summed E-state index contributed by atoms with van der Waals surface area (Å²) in [7, 11) is 0. The molecule has 7 heteroatoms. The number of rotatable bonds is 3. The molecule has 2 rings (SSSR count). The SMILES string of the molecule is Cc1cc(-c2nc(C(C)N)no2)cc([N+](=O)[O-])c1. The zero-order valence-corrected chi connectivity index (χ0v) is 9.95. The Kier molecular flexibility index (Phi) is 3.07. The fourth-order valence-electron chi connectivity index (χ4n) is 1.53. The molecular weight excluding hydrogens is 236 g/mol. The molecule has 0 radical (unpaired) electrons. The first-order chi connectivity index (χ1) is 8.47. The minimum absolute atomic E-state index is 0.00875. The van der Waals surface area contributed by atoms with Gasteiger partial charge in [0.05, 0.1) is 11.0 Å². The van der Waals surface area contributed by atoms with Crippen molar-refractivity contribution in [3.8, 4) is 11.5 Å². The van der Waals surface area contributed by atoms with Crippen LogP contribution >= 0.6 is 0 Å². The summed E-state index contributed by atoms with van der Waals surface area (Å²) < 4.78 is 5.04. The Labute approximate surface area is 103 Å². The Morgan fingerprint density at radius 3 is 2.72 bits per heavy atom. The Balaban J connectivity index is 2.46. The molecule has 0 spiro atoms. The van der Waals surface area contributed by atoms with Gasteiger partial charge in [-0.05, 0) is 25.5 Å². The Morgan fingerprint density at radius 1 is 1.44 bits per heavy atom. The normalized spacial score (nSPS) is 12.4. The maximum atomic E-state index is 10.8. The van der Waals surface area contributed by atoms with Crippen molar-refractivity contribution >= 4 is 5.69 Å². The summed E-state index contributed by atoms with van der Waals surface area (Å²) in [4.78, 5) is 14.4. The smallest absolute Gasteiger partial charge is 0.270 e. The molecule has 1 unspecified atom stereocenters. The summed E-state index contributed by atoms with van der Waals surface area (Å²) in [6, 6.07) is 4.27. The lowest BCUT2D eigenvalue weighted by Gasteiger charge is -1.98. The van der Waals surface area contributed by atoms with Crippen LogP contribution in [0.3, 0.4) is 0 Å². The van der Waals surface area contributed by atoms with Gasteiger partial charge in [-0.15, -0.1) is 0 Å². The van der Waals surface area contributed by atoms with Gasteiger partial charge in [0.1, 0.15) is 0 Å². The van der Waals surface area contributed by atoms with Gasteiger partial charge < -0.3 is 10.3 Å². The molecule has 0 saturated carbocycles. The first kappa shape index (κ1) is 12.2. The third-order valence-electron chi connectivity index (χ3n) is 2.37. The predicted octanol–water partition coefficient (Wildman–Crippen LogP) is 1.97. The van der Waals surface area contributed by atoms with Crippen LogP contribution in [-0.2, 0) is 0 Å². The lowest BCUT2D eigenvalue weighted by Crippen LogP contribution is -2.06. The van der Waals surface area contributed by atoms with E-state index in [9.17, 15) is 10.1 Å². The van der Waals surface area contributed by atoms with Gasteiger partial charge in [0.25, 0.3) is 11.6 Å². The second-order valence-electron chi connectivity index (χ2n) is 4.06. The molecule has 0 aliphatic heterocycles. The molecule has 0 saturated heterocycles. The van der Waals surface area contributed by atoms with Crippen LogP contribution in [0.25, 0.3) is 11.5 Å². The zero-order chi connectivity index (χ0) is 13.3. The third-order valence-corrected chi connectivity index (χ3v) is 2.37. The van der Waals surface area contributed by atoms with Crippen molar-refractivity contribution < 1.29 is 9.45 Å². The Bertz CT molecular complexity index is 592. The number of nitro benzene ring substituents is 1. The van der Waals surface area contributed by atoms with Crippen LogP contribution in [0.1, 0.15) is 24.4 Å². The van der Waals surface area contributed by atoms with Crippen LogP contribution in [0.5, 0.6) is 0 Å². The minimum Gasteiger partial charge on any atom is -0.334 e. The van der Waals surface area contributed by atoms with Crippen molar-refractivity contribution in [3.63, 3.8) is 0 Å². The molecule has 0 fully saturated rings. The fourth-order valence-corrected chi connectivity index (χ4v) is 1.53. The minimum atomic E-state index is -0.459. The molecule has 0 amide bonds. The van der Waals surface area contributed by atoms with Crippen LogP contribution in [0.15, 0.2) is 22.7 Å². The molecule has 94 valence electrons. The maximum Gasteiger partial charge on any atom is 0.270 e. The summed E-state index contributed by atoms with van der Waals surface area (Å²) >= 11 is 0. The number of aromatic nitrogens is 2. The average molecular weight is 248 g/mol. The number of nitrogens with two attached hydrogens (primary N) is 1. The highest BCUT2D eigenvalue weighted by Gasteiger charge is 2.15. The summed E-state index contributed by atoms with van der Waals surface area (Å²) in [6.45, 7) is 3.49. The Hall–Kier alpha value is -2.28. The average Bonchev–Trinajstić information content (AvgIpc) is 2.77. The molecule has 1 heterocycles. The van der Waals surface area contributed by atoms with Crippen molar-refractivity contribution in [1.82, 2.24) is 10.1 Å². The number of nitrogens with zero attached hydrogens (tertiary/aromatic N) is 3. The third kappa shape index (κ3) is 2.35. The van der Waals surface area contributed by atoms with E-state index in [1.807, 2.05) is 0 Å². The van der Waals surface area contributed by atoms with Crippen LogP contribution in [0.2, 0.25) is 0 Å². The van der Waals surface area contributed by atoms with E-state index in [0.717, 1.165) is 5.56 Å². The van der Waals surface area contributed by atoms with Gasteiger partial charge >= 0.3 is 0 Å². The molecule has 1 aromatic carbocycles. The summed E-state index contributed by atoms with van der Waals surface area (Å²) in [5.74, 6) is 0.600. The first-order valence-corrected chi connectivity index (χ1v) is 5.33. The van der Waals surface area contributed by atoms with Gasteiger partial charge in [-0.3, -0.25) is 10.1 Å². The van der Waals surface area contributed by atoms with Gasteiger partial charge in [-0.2, -0.15) is 4.98 Å². The molecule has 0 aliphatic rings. The van der Waals surface area contributed by atoms with E-state index in [1.165, 1.54) is 12.1 Å². The molecule has 1 aromatic heterocycles. The van der Waals surface area contributed by atoms with E-state index in [2.05, 4.69) is 10.1 Å². The second-order valence-corrected chi connectivity index (χ2v) is 4.06. The van der Waals surface area contributed by atoms with Crippen molar-refractivity contribution in [2.45, 2.75) is 19.9 Å². The standard InChI is InChI=1S/C11H12N4O3/c1-6-3-8(5-9(4-6)15(16)17)11-13-10(7(2)12)14-18-11/h3-5,7H,12H2,1-2H3. The molecule has 2 N–H and O–H groups in total. The van der Waals surface area contributed by atoms with Gasteiger partial charge in [0.15, 0.2) is 5.82 Å². The molecule has 1 atom stereocenters. The molecule has 7 nitrogen and oxygen atoms in total. The number of hydrogen-bond donors (Lipinski definition) is 1. The lowest BCUT2D eigenvalue weighted by atomic mass is 10.1. The van der Waals surface area contributed by atoms with Gasteiger partial charge in [0, 0.05) is 17.7 Å². The van der Waals surface area contributed by atoms with Gasteiger partial charge in [-0.1, -0.05) is 5.16 Å². The van der Waals surface area contributed by atoms with Gasteiger partial charge in [0.2, 0.25) is 0 Å². The lowest BCUT2D eigenvalue weighted by molar-refractivity contribution is -0.384. The number of hydrogen-bond acceptors (Lipinski definition) is 6. The van der Waals surface area contributed by atoms with E-state index < -0.39 is 4.92 Å². The van der Waals surface area contributed by atoms with Crippen LogP contribution in [0, 0.1) is 17.0 Å². The molecule has 18 heavy (non-hydrogen) atoms. The van der Waals surface area contributed by atoms with Crippen molar-refractivity contribution in [2.75, 3.05) is 0 Å². The highest BCUT2D eigenvalue weighted by Crippen LogP contribution is 2.25. The van der Waals surface area contributed by atoms with Crippen LogP contribution < -0.4 is 5.73 Å². The van der Waals surface area contributed by atoms with E-state index in [0.29, 0.717) is 11.4 Å². The predicted molar refractivity (Wildman–Crippen MR) is 63.7 cm³/mol. The summed E-state index contributed by atoms with van der Waals surface area (Å²) in [6.07, 6.45) is 0. The van der Waals surface area contributed by atoms with E-state index in [-0.39, 0.29) is 17.6 Å². The topological polar surface area (TPSA) is 108 Å². The maximum absolute atomic E-state index is 10.8. The molecule has 2 aromatic rings. The largest absolute Gasteiger partial charge is 0.334 e. The summed E-state index contributed by atoms with van der Waals surface area (Å²) in [5, 5.41) is 14.5. The number of aryl methyl sites for hydroxylation is 1. The second kappa shape index (κ2) is 4.53. The molecular formula is C11H12N4O3. The number of non-ortho nitro benzene ring substituents is 1. The van der Waals surface area contributed by atoms with Crippen LogP contribution in [0.4, 0.5) is 5.69 Å². The van der Waals surface area contributed by atoms with Crippen molar-refractivity contribution in [1.29, 1.82) is 0 Å². The molecule has 0 bridgehead atoms. The highest BCUT2D eigenvalue weighted by molar-refractivity contribution is 5.59. The fraction of sp³-hybridized carbons (Fsp3) is 0.273. The summed E-state index contributed by atoms with van der Waals surface area (Å²) in [5.41, 5.74) is 6.88. The van der Waals surface area contributed by atoms with E-state index in [4.69, 9.17) is 10.3 Å². The Morgan fingerprint density at radius 2 is 2.17 bits per heavy atom. The van der Waals surface area contributed by atoms with Crippen molar-refractivity contribution in [3.05, 3.63) is 39.7 Å². The van der Waals surface area contributed by atoms with Crippen LogP contribution in [-0.4, -0.2) is 15.1 Å². The molecule has 0 aliphatic carbocycles. The first-order valence-electron chi connectivity index (χ1n) is 5.33. The van der Waals surface area contributed by atoms with Crippen molar-refractivity contribution in [2.24, 2.45) is 5.73 Å². The quantitative estimate of drug-likeness (QED) is 0.657. The van der Waals surface area contributed by atoms with Gasteiger partial charge in [-0.25, -0.2) is 0 Å². The van der Waals surface area contributed by atoms with E-state index >= 15 is 0 Å². The number of benzene rings is 1. The van der Waals surface area contributed by atoms with E-state index in [1.54, 1.807) is 19.9 Å². The highest BCUT2D eigenvalue weighted by atomic mass is 16.6.